The second kappa shape index (κ2) is 13.6. The van der Waals surface area contributed by atoms with E-state index < -0.39 is 5.41 Å². The number of likely N-dealkylation sites (tertiary alicyclic amines) is 1. The van der Waals surface area contributed by atoms with Gasteiger partial charge in [0.1, 0.15) is 11.2 Å². The van der Waals surface area contributed by atoms with E-state index in [4.69, 9.17) is 26.8 Å². The fourth-order valence-electron chi connectivity index (χ4n) is 6.04. The van der Waals surface area contributed by atoms with Crippen LogP contribution in [-0.2, 0) is 14.9 Å². The number of hydrogen-bond donors (Lipinski definition) is 2. The molecular weight excluding hydrogens is 552 g/mol. The number of amides is 2. The van der Waals surface area contributed by atoms with Gasteiger partial charge >= 0.3 is 0 Å². The molecule has 1 fully saturated rings. The Kier molecular flexibility index (Phi) is 10.1. The van der Waals surface area contributed by atoms with E-state index in [1.807, 2.05) is 74.8 Å². The number of benzene rings is 3. The molecule has 3 atom stereocenters. The zero-order valence-electron chi connectivity index (χ0n) is 25.0. The second-order valence-corrected chi connectivity index (χ2v) is 11.5. The maximum Gasteiger partial charge on any atom is 0.255 e. The van der Waals surface area contributed by atoms with Crippen molar-refractivity contribution in [2.75, 3.05) is 47.1 Å². The quantitative estimate of drug-likeness (QED) is 0.334. The molecule has 4 rings (SSSR count). The lowest BCUT2D eigenvalue weighted by atomic mass is 9.69. The zero-order chi connectivity index (χ0) is 30.4. The molecule has 0 aliphatic carbocycles. The molecule has 0 radical (unpaired) electrons. The van der Waals surface area contributed by atoms with Crippen LogP contribution in [0.1, 0.15) is 41.3 Å². The number of likely N-dealkylation sites (N-methyl/N-ethyl adjacent to an activating group) is 1. The Morgan fingerprint density at radius 3 is 2.19 bits per heavy atom. The van der Waals surface area contributed by atoms with Crippen LogP contribution in [0.2, 0.25) is 5.02 Å². The maximum absolute atomic E-state index is 14.1. The first-order valence-corrected chi connectivity index (χ1v) is 14.5. The SMILES string of the molecule is COc1cc(N)c(Cl)cc1C(=O)N[C@@H]1CCN(C(C)CC(C(=O)N(C)C)(c2ccccc2)c2ccccc2)C[C@H]1OC. The van der Waals surface area contributed by atoms with Crippen molar-refractivity contribution in [3.63, 3.8) is 0 Å². The van der Waals surface area contributed by atoms with E-state index in [2.05, 4.69) is 17.1 Å². The maximum atomic E-state index is 14.1. The number of hydrogen-bond acceptors (Lipinski definition) is 6. The molecule has 9 heteroatoms. The molecule has 0 bridgehead atoms. The first kappa shape index (κ1) is 31.3. The first-order chi connectivity index (χ1) is 20.1. The summed E-state index contributed by atoms with van der Waals surface area (Å²) in [7, 11) is 6.77. The highest BCUT2D eigenvalue weighted by molar-refractivity contribution is 6.33. The van der Waals surface area contributed by atoms with Crippen LogP contribution in [0.25, 0.3) is 0 Å². The van der Waals surface area contributed by atoms with Crippen LogP contribution in [0, 0.1) is 0 Å². The molecule has 1 heterocycles. The van der Waals surface area contributed by atoms with Crippen molar-refractivity contribution in [2.45, 2.75) is 43.4 Å². The second-order valence-electron chi connectivity index (χ2n) is 11.1. The van der Waals surface area contributed by atoms with Gasteiger partial charge in [-0.3, -0.25) is 14.5 Å². The van der Waals surface area contributed by atoms with Crippen molar-refractivity contribution in [2.24, 2.45) is 0 Å². The number of rotatable bonds is 10. The number of halogens is 1. The molecule has 0 aromatic heterocycles. The molecule has 1 unspecified atom stereocenters. The summed E-state index contributed by atoms with van der Waals surface area (Å²) in [6, 6.07) is 22.9. The van der Waals surface area contributed by atoms with Crippen LogP contribution in [0.3, 0.4) is 0 Å². The van der Waals surface area contributed by atoms with E-state index in [1.54, 1.807) is 18.1 Å². The molecule has 1 aliphatic rings. The molecule has 3 aromatic rings. The van der Waals surface area contributed by atoms with Crippen molar-refractivity contribution in [3.05, 3.63) is 94.5 Å². The fraction of sp³-hybridized carbons (Fsp3) is 0.394. The molecule has 8 nitrogen and oxygen atoms in total. The average Bonchev–Trinajstić information content (AvgIpc) is 3.01. The van der Waals surface area contributed by atoms with Gasteiger partial charge in [-0.05, 0) is 37.0 Å². The Morgan fingerprint density at radius 1 is 1.07 bits per heavy atom. The number of piperidine rings is 1. The monoisotopic (exact) mass is 592 g/mol. The Morgan fingerprint density at radius 2 is 1.67 bits per heavy atom. The van der Waals surface area contributed by atoms with Crippen LogP contribution in [-0.4, -0.2) is 81.2 Å². The minimum Gasteiger partial charge on any atom is -0.496 e. The lowest BCUT2D eigenvalue weighted by molar-refractivity contribution is -0.134. The van der Waals surface area contributed by atoms with Gasteiger partial charge in [0.2, 0.25) is 5.91 Å². The summed E-state index contributed by atoms with van der Waals surface area (Å²) in [4.78, 5) is 31.4. The predicted octanol–water partition coefficient (Wildman–Crippen LogP) is 4.60. The van der Waals surface area contributed by atoms with Gasteiger partial charge in [-0.25, -0.2) is 0 Å². The van der Waals surface area contributed by atoms with Crippen molar-refractivity contribution in [1.29, 1.82) is 0 Å². The van der Waals surface area contributed by atoms with E-state index in [1.165, 1.54) is 13.2 Å². The summed E-state index contributed by atoms with van der Waals surface area (Å²) in [5.41, 5.74) is 7.61. The van der Waals surface area contributed by atoms with Gasteiger partial charge in [0, 0.05) is 46.4 Å². The van der Waals surface area contributed by atoms with E-state index in [9.17, 15) is 9.59 Å². The van der Waals surface area contributed by atoms with Gasteiger partial charge in [-0.2, -0.15) is 0 Å². The van der Waals surface area contributed by atoms with E-state index in [0.717, 1.165) is 17.7 Å². The summed E-state index contributed by atoms with van der Waals surface area (Å²) in [6.45, 7) is 3.48. The molecule has 3 N–H and O–H groups in total. The topological polar surface area (TPSA) is 97.1 Å². The molecule has 0 spiro atoms. The number of ether oxygens (including phenoxy) is 2. The third-order valence-electron chi connectivity index (χ3n) is 8.30. The van der Waals surface area contributed by atoms with Gasteiger partial charge < -0.3 is 25.4 Å². The number of carbonyl (C=O) groups is 2. The number of anilines is 1. The number of methoxy groups -OCH3 is 2. The molecule has 3 aromatic carbocycles. The average molecular weight is 593 g/mol. The van der Waals surface area contributed by atoms with E-state index in [-0.39, 0.29) is 30.0 Å². The van der Waals surface area contributed by atoms with Crippen molar-refractivity contribution in [3.8, 4) is 5.75 Å². The number of nitrogens with one attached hydrogen (secondary N) is 1. The lowest BCUT2D eigenvalue weighted by Gasteiger charge is -2.44. The minimum absolute atomic E-state index is 0.0274. The van der Waals surface area contributed by atoms with Crippen molar-refractivity contribution in [1.82, 2.24) is 15.1 Å². The Labute approximate surface area is 253 Å². The molecule has 1 aliphatic heterocycles. The third kappa shape index (κ3) is 6.41. The van der Waals surface area contributed by atoms with Crippen LogP contribution in [0.4, 0.5) is 5.69 Å². The molecule has 2 amide bonds. The number of nitrogens with zero attached hydrogens (tertiary/aromatic N) is 2. The third-order valence-corrected chi connectivity index (χ3v) is 8.63. The van der Waals surface area contributed by atoms with Gasteiger partial charge in [-0.1, -0.05) is 72.3 Å². The summed E-state index contributed by atoms with van der Waals surface area (Å²) < 4.78 is 11.3. The molecule has 42 heavy (non-hydrogen) atoms. The molecule has 1 saturated heterocycles. The minimum atomic E-state index is -0.871. The highest BCUT2D eigenvalue weighted by Gasteiger charge is 2.45. The number of nitrogens with two attached hydrogens (primary N) is 1. The first-order valence-electron chi connectivity index (χ1n) is 14.2. The summed E-state index contributed by atoms with van der Waals surface area (Å²) in [5, 5.41) is 3.41. The number of nitrogen functional groups attached to an aromatic ring is 1. The van der Waals surface area contributed by atoms with Gasteiger partial charge in [-0.15, -0.1) is 0 Å². The predicted molar refractivity (Wildman–Crippen MR) is 167 cm³/mol. The Balaban J connectivity index is 1.57. The summed E-state index contributed by atoms with van der Waals surface area (Å²) >= 11 is 6.20. The smallest absolute Gasteiger partial charge is 0.255 e. The normalized spacial score (nSPS) is 18.2. The van der Waals surface area contributed by atoms with Gasteiger partial charge in [0.05, 0.1) is 35.5 Å². The lowest BCUT2D eigenvalue weighted by Crippen LogP contribution is -2.58. The summed E-state index contributed by atoms with van der Waals surface area (Å²) in [5.74, 6) is 0.0949. The van der Waals surface area contributed by atoms with E-state index >= 15 is 0 Å². The Hall–Kier alpha value is -3.59. The summed E-state index contributed by atoms with van der Waals surface area (Å²) in [6.07, 6.45) is 0.991. The van der Waals surface area contributed by atoms with Gasteiger partial charge in [0.25, 0.3) is 5.91 Å². The number of carbonyl (C=O) groups excluding carboxylic acids is 2. The Bertz CT molecular complexity index is 1330. The van der Waals surface area contributed by atoms with Crippen LogP contribution >= 0.6 is 11.6 Å². The fourth-order valence-corrected chi connectivity index (χ4v) is 6.21. The van der Waals surface area contributed by atoms with Crippen LogP contribution in [0.5, 0.6) is 5.75 Å². The van der Waals surface area contributed by atoms with Crippen LogP contribution in [0.15, 0.2) is 72.8 Å². The van der Waals surface area contributed by atoms with E-state index in [0.29, 0.717) is 41.4 Å². The highest BCUT2D eigenvalue weighted by atomic mass is 35.5. The largest absolute Gasteiger partial charge is 0.496 e. The molecule has 224 valence electrons. The highest BCUT2D eigenvalue weighted by Crippen LogP contribution is 2.40. The molecule has 0 saturated carbocycles. The van der Waals surface area contributed by atoms with Crippen molar-refractivity contribution < 1.29 is 19.1 Å². The zero-order valence-corrected chi connectivity index (χ0v) is 25.7. The standard InChI is InChI=1S/C33H41ClN4O4/c1-22(20-33(32(40)37(2)3,23-12-8-6-9-13-23)24-14-10-7-11-15-24)38-17-16-28(30(21-38)42-5)36-31(39)25-18-26(34)27(35)19-29(25)41-4/h6-15,18-19,22,28,30H,16-17,20-21,35H2,1-5H3,(H,36,39)/t22?,28-,30-/m1/s1. The van der Waals surface area contributed by atoms with Crippen molar-refractivity contribution >= 4 is 29.1 Å². The van der Waals surface area contributed by atoms with Crippen LogP contribution < -0.4 is 15.8 Å². The molecular formula is C33H41ClN4O4. The van der Waals surface area contributed by atoms with Gasteiger partial charge in [0.15, 0.2) is 0 Å².